The molecule has 2 unspecified atom stereocenters. The fourth-order valence-electron chi connectivity index (χ4n) is 3.07. The van der Waals surface area contributed by atoms with Gasteiger partial charge in [-0.15, -0.1) is 0 Å². The molecule has 1 amide bonds. The Morgan fingerprint density at radius 1 is 1.29 bits per heavy atom. The third kappa shape index (κ3) is 2.55. The first-order valence-electron chi connectivity index (χ1n) is 6.70. The number of pyridine rings is 1. The largest absolute Gasteiger partial charge is 0.433 e. The second-order valence-corrected chi connectivity index (χ2v) is 5.51. The molecule has 2 saturated heterocycles. The molecular formula is C13H15F3N4O. The highest BCUT2D eigenvalue weighted by atomic mass is 19.4. The Bertz CT molecular complexity index is 563. The van der Waals surface area contributed by atoms with Gasteiger partial charge in [-0.25, -0.2) is 4.98 Å². The number of carbonyl (C=O) groups is 1. The van der Waals surface area contributed by atoms with Gasteiger partial charge < -0.3 is 16.0 Å². The molecular weight excluding hydrogens is 285 g/mol. The number of aromatic nitrogens is 1. The number of nitrogens with one attached hydrogen (secondary N) is 1. The lowest BCUT2D eigenvalue weighted by Crippen LogP contribution is -2.29. The van der Waals surface area contributed by atoms with Gasteiger partial charge in [0.15, 0.2) is 0 Å². The summed E-state index contributed by atoms with van der Waals surface area (Å²) in [4.78, 5) is 16.8. The van der Waals surface area contributed by atoms with Gasteiger partial charge in [0.1, 0.15) is 11.5 Å². The summed E-state index contributed by atoms with van der Waals surface area (Å²) in [5.41, 5.74) is 4.29. The Morgan fingerprint density at radius 2 is 1.90 bits per heavy atom. The van der Waals surface area contributed by atoms with E-state index >= 15 is 0 Å². The van der Waals surface area contributed by atoms with Crippen LogP contribution in [0.1, 0.15) is 16.1 Å². The summed E-state index contributed by atoms with van der Waals surface area (Å²) in [7, 11) is 0. The van der Waals surface area contributed by atoms with E-state index in [1.54, 1.807) is 4.90 Å². The Hall–Kier alpha value is -1.83. The predicted molar refractivity (Wildman–Crippen MR) is 69.8 cm³/mol. The molecule has 114 valence electrons. The number of nitrogens with two attached hydrogens (primary N) is 1. The lowest BCUT2D eigenvalue weighted by atomic mass is 10.0. The summed E-state index contributed by atoms with van der Waals surface area (Å²) in [5, 5.41) is 3.25. The number of hydrogen-bond donors (Lipinski definition) is 2. The van der Waals surface area contributed by atoms with Crippen LogP contribution in [0.4, 0.5) is 19.0 Å². The van der Waals surface area contributed by atoms with Crippen LogP contribution in [0.5, 0.6) is 0 Å². The lowest BCUT2D eigenvalue weighted by molar-refractivity contribution is -0.141. The van der Waals surface area contributed by atoms with E-state index in [1.807, 2.05) is 0 Å². The number of anilines is 1. The van der Waals surface area contributed by atoms with E-state index in [0.717, 1.165) is 25.2 Å². The molecule has 0 aliphatic carbocycles. The van der Waals surface area contributed by atoms with E-state index in [4.69, 9.17) is 5.73 Å². The summed E-state index contributed by atoms with van der Waals surface area (Å²) in [6, 6.07) is 1.90. The molecule has 21 heavy (non-hydrogen) atoms. The van der Waals surface area contributed by atoms with Gasteiger partial charge in [-0.1, -0.05) is 0 Å². The maximum absolute atomic E-state index is 12.8. The van der Waals surface area contributed by atoms with Crippen molar-refractivity contribution in [2.24, 2.45) is 17.6 Å². The number of hydrogen-bond acceptors (Lipinski definition) is 4. The van der Waals surface area contributed by atoms with E-state index in [1.165, 1.54) is 0 Å². The zero-order chi connectivity index (χ0) is 15.2. The summed E-state index contributed by atoms with van der Waals surface area (Å²) >= 11 is 0. The van der Waals surface area contributed by atoms with Crippen LogP contribution in [0, 0.1) is 11.8 Å². The molecule has 3 heterocycles. The van der Waals surface area contributed by atoms with Gasteiger partial charge in [0, 0.05) is 26.2 Å². The van der Waals surface area contributed by atoms with Crippen LogP contribution in [0.3, 0.4) is 0 Å². The number of fused-ring (bicyclic) bond motifs is 1. The first kappa shape index (κ1) is 14.1. The molecule has 3 N–H and O–H groups in total. The van der Waals surface area contributed by atoms with Crippen molar-refractivity contribution in [3.63, 3.8) is 0 Å². The highest BCUT2D eigenvalue weighted by Gasteiger charge is 2.39. The van der Waals surface area contributed by atoms with Crippen molar-refractivity contribution in [3.05, 3.63) is 23.4 Å². The van der Waals surface area contributed by atoms with Gasteiger partial charge in [-0.05, 0) is 24.0 Å². The molecule has 2 aliphatic rings. The van der Waals surface area contributed by atoms with Crippen LogP contribution >= 0.6 is 0 Å². The van der Waals surface area contributed by atoms with Crippen molar-refractivity contribution < 1.29 is 18.0 Å². The highest BCUT2D eigenvalue weighted by molar-refractivity contribution is 5.97. The molecule has 0 radical (unpaired) electrons. The molecule has 0 aromatic carbocycles. The minimum absolute atomic E-state index is 0.0379. The Morgan fingerprint density at radius 3 is 2.43 bits per heavy atom. The number of amides is 1. The molecule has 0 bridgehead atoms. The monoisotopic (exact) mass is 300 g/mol. The molecule has 8 heteroatoms. The highest BCUT2D eigenvalue weighted by Crippen LogP contribution is 2.34. The molecule has 5 nitrogen and oxygen atoms in total. The zero-order valence-corrected chi connectivity index (χ0v) is 11.2. The van der Waals surface area contributed by atoms with Gasteiger partial charge in [-0.2, -0.15) is 13.2 Å². The lowest BCUT2D eigenvalue weighted by Gasteiger charge is -2.22. The van der Waals surface area contributed by atoms with Crippen molar-refractivity contribution in [1.29, 1.82) is 0 Å². The maximum atomic E-state index is 12.8. The predicted octanol–water partition coefficient (Wildman–Crippen LogP) is 0.855. The molecule has 1 aromatic rings. The van der Waals surface area contributed by atoms with Crippen LogP contribution in [0.2, 0.25) is 0 Å². The number of nitrogens with zero attached hydrogens (tertiary/aromatic N) is 2. The van der Waals surface area contributed by atoms with E-state index in [9.17, 15) is 18.0 Å². The first-order valence-corrected chi connectivity index (χ1v) is 6.70. The Labute approximate surface area is 119 Å². The second-order valence-electron chi connectivity index (χ2n) is 5.51. The molecule has 2 aliphatic heterocycles. The SMILES string of the molecule is NC(=O)c1ccc(C(F)(F)F)nc1N1CC2CNCC2C1. The van der Waals surface area contributed by atoms with Gasteiger partial charge in [0.25, 0.3) is 5.91 Å². The first-order chi connectivity index (χ1) is 9.86. The van der Waals surface area contributed by atoms with Crippen molar-refractivity contribution in [2.45, 2.75) is 6.18 Å². The van der Waals surface area contributed by atoms with Gasteiger partial charge in [-0.3, -0.25) is 4.79 Å². The number of alkyl halides is 3. The van der Waals surface area contributed by atoms with Gasteiger partial charge in [0.2, 0.25) is 0 Å². The minimum atomic E-state index is -4.54. The molecule has 1 aromatic heterocycles. The second kappa shape index (κ2) is 4.87. The van der Waals surface area contributed by atoms with Crippen molar-refractivity contribution in [2.75, 3.05) is 31.1 Å². The van der Waals surface area contributed by atoms with Crippen molar-refractivity contribution in [1.82, 2.24) is 10.3 Å². The smallest absolute Gasteiger partial charge is 0.365 e. The average molecular weight is 300 g/mol. The summed E-state index contributed by atoms with van der Waals surface area (Å²) < 4.78 is 38.4. The van der Waals surface area contributed by atoms with Crippen molar-refractivity contribution in [3.8, 4) is 0 Å². The zero-order valence-electron chi connectivity index (χ0n) is 11.2. The third-order valence-corrected chi connectivity index (χ3v) is 4.12. The Kier molecular flexibility index (Phi) is 3.27. The number of primary amides is 1. The molecule has 0 spiro atoms. The van der Waals surface area contributed by atoms with Crippen LogP contribution in [0.15, 0.2) is 12.1 Å². The standard InChI is InChI=1S/C13H15F3N4O/c14-13(15,16)10-2-1-9(11(17)21)12(19-10)20-5-7-3-18-4-8(7)6-20/h1-2,7-8,18H,3-6H2,(H2,17,21). The number of carbonyl (C=O) groups excluding carboxylic acids is 1. The molecule has 0 saturated carbocycles. The Balaban J connectivity index is 1.97. The maximum Gasteiger partial charge on any atom is 0.433 e. The van der Waals surface area contributed by atoms with E-state index < -0.39 is 17.8 Å². The van der Waals surface area contributed by atoms with Crippen LogP contribution in [-0.4, -0.2) is 37.1 Å². The average Bonchev–Trinajstić information content (AvgIpc) is 2.97. The fraction of sp³-hybridized carbons (Fsp3) is 0.538. The summed E-state index contributed by atoms with van der Waals surface area (Å²) in [6.07, 6.45) is -4.54. The van der Waals surface area contributed by atoms with Crippen molar-refractivity contribution >= 4 is 11.7 Å². The van der Waals surface area contributed by atoms with E-state index in [0.29, 0.717) is 24.9 Å². The summed E-state index contributed by atoms with van der Waals surface area (Å²) in [5.74, 6) is 0.0391. The molecule has 2 fully saturated rings. The minimum Gasteiger partial charge on any atom is -0.365 e. The number of rotatable bonds is 2. The fourth-order valence-corrected chi connectivity index (χ4v) is 3.07. The molecule has 2 atom stereocenters. The van der Waals surface area contributed by atoms with Crippen LogP contribution in [-0.2, 0) is 6.18 Å². The summed E-state index contributed by atoms with van der Waals surface area (Å²) in [6.45, 7) is 2.86. The van der Waals surface area contributed by atoms with E-state index in [2.05, 4.69) is 10.3 Å². The van der Waals surface area contributed by atoms with Gasteiger partial charge in [0.05, 0.1) is 5.56 Å². The molecule has 3 rings (SSSR count). The number of halogens is 3. The topological polar surface area (TPSA) is 71.2 Å². The van der Waals surface area contributed by atoms with Crippen LogP contribution in [0.25, 0.3) is 0 Å². The quantitative estimate of drug-likeness (QED) is 0.849. The third-order valence-electron chi connectivity index (χ3n) is 4.12. The van der Waals surface area contributed by atoms with Gasteiger partial charge >= 0.3 is 6.18 Å². The van der Waals surface area contributed by atoms with E-state index in [-0.39, 0.29) is 11.4 Å². The normalized spacial score (nSPS) is 25.2. The van der Waals surface area contributed by atoms with Crippen LogP contribution < -0.4 is 16.0 Å².